The minimum atomic E-state index is -0.593. The molecular weight excluding hydrogens is 430 g/mol. The van der Waals surface area contributed by atoms with Gasteiger partial charge in [0.25, 0.3) is 0 Å². The quantitative estimate of drug-likeness (QED) is 0.170. The highest BCUT2D eigenvalue weighted by molar-refractivity contribution is 5.80. The monoisotopic (exact) mass is 461 g/mol. The van der Waals surface area contributed by atoms with Gasteiger partial charge in [0.15, 0.2) is 0 Å². The van der Waals surface area contributed by atoms with E-state index in [1.807, 2.05) is 42.5 Å². The molecule has 1 aliphatic rings. The Balaban J connectivity index is 1.58. The Bertz CT molecular complexity index is 1230. The van der Waals surface area contributed by atoms with Crippen molar-refractivity contribution in [3.05, 3.63) is 143 Å². The van der Waals surface area contributed by atoms with E-state index < -0.39 is 5.54 Å². The van der Waals surface area contributed by atoms with Crippen molar-refractivity contribution >= 4 is 5.97 Å². The lowest BCUT2D eigenvalue weighted by atomic mass is 9.76. The summed E-state index contributed by atoms with van der Waals surface area (Å²) in [7, 11) is 0. The van der Waals surface area contributed by atoms with Crippen LogP contribution in [0, 0.1) is 0 Å². The van der Waals surface area contributed by atoms with Crippen molar-refractivity contribution < 1.29 is 9.53 Å². The average molecular weight is 462 g/mol. The van der Waals surface area contributed by atoms with E-state index in [4.69, 9.17) is 4.74 Å². The van der Waals surface area contributed by atoms with E-state index in [0.717, 1.165) is 16.7 Å². The summed E-state index contributed by atoms with van der Waals surface area (Å²) in [6.07, 6.45) is 0. The van der Waals surface area contributed by atoms with Gasteiger partial charge >= 0.3 is 5.97 Å². The molecule has 4 aromatic carbocycles. The number of hydrogen-bond donors (Lipinski definition) is 0. The van der Waals surface area contributed by atoms with E-state index in [9.17, 15) is 4.79 Å². The largest absolute Gasteiger partial charge is 0.460 e. The molecule has 2 atom stereocenters. The summed E-state index contributed by atoms with van der Waals surface area (Å²) in [6, 6.07) is 39.4. The molecule has 5 rings (SSSR count). The van der Waals surface area contributed by atoms with Crippen LogP contribution in [0.3, 0.4) is 0 Å². The predicted octanol–water partition coefficient (Wildman–Crippen LogP) is 6.53. The molecular formula is C32H31NO2. The smallest absolute Gasteiger partial charge is 0.325 e. The third kappa shape index (κ3) is 4.52. The molecule has 1 fully saturated rings. The number of hydrogen-bond acceptors (Lipinski definition) is 3. The van der Waals surface area contributed by atoms with Gasteiger partial charge in [-0.25, -0.2) is 0 Å². The Kier molecular flexibility index (Phi) is 6.52. The van der Waals surface area contributed by atoms with Crippen molar-refractivity contribution in [3.63, 3.8) is 0 Å². The van der Waals surface area contributed by atoms with Crippen molar-refractivity contribution in [1.29, 1.82) is 0 Å². The third-order valence-electron chi connectivity index (χ3n) is 6.89. The topological polar surface area (TPSA) is 29.3 Å². The van der Waals surface area contributed by atoms with Gasteiger partial charge in [0.05, 0.1) is 5.54 Å². The molecule has 0 N–H and O–H groups in total. The third-order valence-corrected chi connectivity index (χ3v) is 6.89. The molecule has 4 aromatic rings. The van der Waals surface area contributed by atoms with Gasteiger partial charge in [-0.05, 0) is 33.7 Å². The van der Waals surface area contributed by atoms with Crippen molar-refractivity contribution in [2.24, 2.45) is 0 Å². The maximum absolute atomic E-state index is 13.2. The lowest BCUT2D eigenvalue weighted by Gasteiger charge is -2.38. The van der Waals surface area contributed by atoms with Crippen molar-refractivity contribution in [2.45, 2.75) is 38.0 Å². The summed E-state index contributed by atoms with van der Waals surface area (Å²) in [5.41, 5.74) is 5.14. The Morgan fingerprint density at radius 1 is 0.800 bits per heavy atom. The molecule has 1 unspecified atom stereocenters. The fourth-order valence-corrected chi connectivity index (χ4v) is 5.02. The zero-order valence-corrected chi connectivity index (χ0v) is 20.3. The van der Waals surface area contributed by atoms with Crippen LogP contribution in [0.4, 0.5) is 0 Å². The fourth-order valence-electron chi connectivity index (χ4n) is 5.02. The average Bonchev–Trinajstić information content (AvgIpc) is 3.71. The lowest BCUT2D eigenvalue weighted by molar-refractivity contribution is -0.145. The number of nitrogens with zero attached hydrogens (tertiary/aromatic N) is 1. The van der Waals surface area contributed by atoms with Crippen molar-refractivity contribution in [2.75, 3.05) is 6.54 Å². The van der Waals surface area contributed by atoms with Gasteiger partial charge in [0, 0.05) is 6.54 Å². The molecule has 176 valence electrons. The number of carbonyl (C=O) groups is 1. The number of ether oxygens (including phenoxy) is 1. The van der Waals surface area contributed by atoms with E-state index in [0.29, 0.717) is 12.5 Å². The van der Waals surface area contributed by atoms with Crippen LogP contribution in [-0.2, 0) is 21.7 Å². The highest BCUT2D eigenvalue weighted by atomic mass is 16.5. The molecule has 1 aliphatic heterocycles. The van der Waals surface area contributed by atoms with Crippen LogP contribution in [0.1, 0.15) is 47.6 Å². The SMILES string of the molecule is CC(C)c1cccc(C(c2ccccc2)(c2ccccc2)N2C[C@@H]2C(=O)OCc2ccccc2)c1. The molecule has 0 radical (unpaired) electrons. The second-order valence-corrected chi connectivity index (χ2v) is 9.48. The summed E-state index contributed by atoms with van der Waals surface area (Å²) >= 11 is 0. The highest BCUT2D eigenvalue weighted by Gasteiger charge is 2.56. The standard InChI is InChI=1S/C32H31NO2/c1-24(2)26-15-12-20-29(21-26)32(27-16-8-4-9-17-27,28-18-10-5-11-19-28)33-22-30(33)31(34)35-23-25-13-6-3-7-14-25/h3-21,24,30H,22-23H2,1-2H3/t30-,33?/m1/s1. The van der Waals surface area contributed by atoms with Crippen LogP contribution in [0.15, 0.2) is 115 Å². The summed E-state index contributed by atoms with van der Waals surface area (Å²) < 4.78 is 5.77. The number of carbonyl (C=O) groups excluding carboxylic acids is 1. The van der Waals surface area contributed by atoms with E-state index in [2.05, 4.69) is 91.5 Å². The molecule has 0 spiro atoms. The summed E-state index contributed by atoms with van der Waals surface area (Å²) in [6.45, 7) is 5.36. The molecule has 1 heterocycles. The molecule has 3 nitrogen and oxygen atoms in total. The maximum Gasteiger partial charge on any atom is 0.325 e. The van der Waals surface area contributed by atoms with Crippen LogP contribution in [0.5, 0.6) is 0 Å². The number of rotatable bonds is 8. The van der Waals surface area contributed by atoms with Crippen LogP contribution in [0.2, 0.25) is 0 Å². The first-order valence-electron chi connectivity index (χ1n) is 12.3. The minimum Gasteiger partial charge on any atom is -0.460 e. The molecule has 35 heavy (non-hydrogen) atoms. The fraction of sp³-hybridized carbons (Fsp3) is 0.219. The second-order valence-electron chi connectivity index (χ2n) is 9.48. The van der Waals surface area contributed by atoms with Crippen molar-refractivity contribution in [3.8, 4) is 0 Å². The van der Waals surface area contributed by atoms with Crippen molar-refractivity contribution in [1.82, 2.24) is 4.90 Å². The van der Waals surface area contributed by atoms with Crippen LogP contribution < -0.4 is 0 Å². The second kappa shape index (κ2) is 9.89. The molecule has 0 bridgehead atoms. The van der Waals surface area contributed by atoms with Gasteiger partial charge in [-0.3, -0.25) is 9.69 Å². The Labute approximate surface area is 208 Å². The lowest BCUT2D eigenvalue weighted by Crippen LogP contribution is -2.40. The molecule has 0 aliphatic carbocycles. The van der Waals surface area contributed by atoms with Gasteiger partial charge in [-0.15, -0.1) is 0 Å². The molecule has 0 aromatic heterocycles. The number of esters is 1. The van der Waals surface area contributed by atoms with E-state index >= 15 is 0 Å². The maximum atomic E-state index is 13.2. The van der Waals surface area contributed by atoms with Crippen LogP contribution in [0.25, 0.3) is 0 Å². The zero-order chi connectivity index (χ0) is 24.3. The Hall–Kier alpha value is -3.69. The Morgan fingerprint density at radius 2 is 1.34 bits per heavy atom. The van der Waals surface area contributed by atoms with Gasteiger partial charge in [-0.1, -0.05) is 129 Å². The predicted molar refractivity (Wildman–Crippen MR) is 140 cm³/mol. The summed E-state index contributed by atoms with van der Waals surface area (Å²) in [5.74, 6) is 0.227. The van der Waals surface area contributed by atoms with Crippen LogP contribution >= 0.6 is 0 Å². The highest BCUT2D eigenvalue weighted by Crippen LogP contribution is 2.48. The minimum absolute atomic E-state index is 0.176. The van der Waals surface area contributed by atoms with Gasteiger partial charge in [0.2, 0.25) is 0 Å². The molecule has 0 amide bonds. The van der Waals surface area contributed by atoms with E-state index in [-0.39, 0.29) is 18.6 Å². The van der Waals surface area contributed by atoms with Gasteiger partial charge in [-0.2, -0.15) is 0 Å². The summed E-state index contributed by atoms with van der Waals surface area (Å²) in [5, 5.41) is 0. The van der Waals surface area contributed by atoms with Gasteiger partial charge < -0.3 is 4.74 Å². The molecule has 0 saturated carbocycles. The summed E-state index contributed by atoms with van der Waals surface area (Å²) in [4.78, 5) is 15.5. The first kappa shape index (κ1) is 23.1. The zero-order valence-electron chi connectivity index (χ0n) is 20.3. The number of benzene rings is 4. The van der Waals surface area contributed by atoms with E-state index in [1.54, 1.807) is 0 Å². The first-order valence-corrected chi connectivity index (χ1v) is 12.3. The Morgan fingerprint density at radius 3 is 1.91 bits per heavy atom. The van der Waals surface area contributed by atoms with E-state index in [1.165, 1.54) is 11.1 Å². The molecule has 3 heteroatoms. The molecule has 1 saturated heterocycles. The normalized spacial score (nSPS) is 17.2. The van der Waals surface area contributed by atoms with Crippen LogP contribution in [-0.4, -0.2) is 23.5 Å². The van der Waals surface area contributed by atoms with Gasteiger partial charge in [0.1, 0.15) is 12.6 Å². The first-order chi connectivity index (χ1) is 17.1.